The second-order valence-electron chi connectivity index (χ2n) is 5.96. The van der Waals surface area contributed by atoms with Crippen LogP contribution < -0.4 is 10.0 Å². The number of hydrogen-bond donors (Lipinski definition) is 3. The minimum Gasteiger partial charge on any atom is -0.363 e. The van der Waals surface area contributed by atoms with E-state index in [-0.39, 0.29) is 4.75 Å². The Morgan fingerprint density at radius 3 is 2.67 bits per heavy atom. The molecule has 0 unspecified atom stereocenters. The van der Waals surface area contributed by atoms with Crippen LogP contribution in [0.2, 0.25) is 0 Å². The molecule has 1 heterocycles. The van der Waals surface area contributed by atoms with Gasteiger partial charge in [0.2, 0.25) is 10.0 Å². The molecule has 0 bridgehead atoms. The lowest BCUT2D eigenvalue weighted by atomic mass is 9.84. The zero-order chi connectivity index (χ0) is 15.5. The first-order valence-electron chi connectivity index (χ1n) is 7.32. The molecular formula is C14H25N3O2S2. The van der Waals surface area contributed by atoms with Crippen molar-refractivity contribution >= 4 is 21.8 Å². The Morgan fingerprint density at radius 1 is 1.43 bits per heavy atom. The molecule has 0 spiro atoms. The molecule has 1 aliphatic carbocycles. The Hall–Kier alpha value is -0.500. The van der Waals surface area contributed by atoms with Gasteiger partial charge < -0.3 is 10.3 Å². The number of rotatable bonds is 8. The maximum atomic E-state index is 12.3. The van der Waals surface area contributed by atoms with Crippen LogP contribution in [0.15, 0.2) is 17.2 Å². The van der Waals surface area contributed by atoms with Crippen LogP contribution in [0, 0.1) is 0 Å². The van der Waals surface area contributed by atoms with Crippen LogP contribution in [-0.2, 0) is 16.6 Å². The van der Waals surface area contributed by atoms with Gasteiger partial charge in [-0.05, 0) is 25.2 Å². The fraction of sp³-hybridized carbons (Fsp3) is 0.714. The van der Waals surface area contributed by atoms with Crippen molar-refractivity contribution in [3.05, 3.63) is 18.0 Å². The summed E-state index contributed by atoms with van der Waals surface area (Å²) < 4.78 is 27.5. The number of sulfonamides is 1. The van der Waals surface area contributed by atoms with E-state index in [2.05, 4.69) is 35.1 Å². The molecule has 7 heteroatoms. The maximum absolute atomic E-state index is 12.3. The SMILES string of the molecule is CSC1(CNS(=O)(=O)c2c[nH]c(CNC(C)C)c2)CCC1. The van der Waals surface area contributed by atoms with Crippen molar-refractivity contribution in [3.8, 4) is 0 Å². The number of aromatic nitrogens is 1. The van der Waals surface area contributed by atoms with E-state index in [0.29, 0.717) is 24.0 Å². The molecule has 1 aromatic rings. The molecule has 0 radical (unpaired) electrons. The summed E-state index contributed by atoms with van der Waals surface area (Å²) in [4.78, 5) is 3.34. The molecule has 120 valence electrons. The first kappa shape index (κ1) is 16.9. The fourth-order valence-electron chi connectivity index (χ4n) is 2.32. The van der Waals surface area contributed by atoms with Crippen molar-refractivity contribution in [2.45, 2.75) is 55.3 Å². The number of H-pyrrole nitrogens is 1. The standard InChI is InChI=1S/C14H25N3O2S2/c1-11(2)15-8-12-7-13(9-16-12)21(18,19)17-10-14(20-3)5-4-6-14/h7,9,11,15-17H,4-6,8,10H2,1-3H3. The average molecular weight is 332 g/mol. The van der Waals surface area contributed by atoms with Crippen LogP contribution in [0.5, 0.6) is 0 Å². The van der Waals surface area contributed by atoms with Crippen LogP contribution in [0.4, 0.5) is 0 Å². The monoisotopic (exact) mass is 331 g/mol. The smallest absolute Gasteiger partial charge is 0.242 e. The summed E-state index contributed by atoms with van der Waals surface area (Å²) in [6.45, 7) is 5.27. The zero-order valence-electron chi connectivity index (χ0n) is 12.9. The molecule has 0 aliphatic heterocycles. The highest BCUT2D eigenvalue weighted by atomic mass is 32.2. The summed E-state index contributed by atoms with van der Waals surface area (Å²) in [6, 6.07) is 2.07. The van der Waals surface area contributed by atoms with Gasteiger partial charge in [-0.3, -0.25) is 0 Å². The third-order valence-electron chi connectivity index (χ3n) is 4.01. The third kappa shape index (κ3) is 4.25. The molecular weight excluding hydrogens is 306 g/mol. The molecule has 0 atom stereocenters. The summed E-state index contributed by atoms with van der Waals surface area (Å²) in [7, 11) is -3.42. The normalized spacial score (nSPS) is 17.9. The van der Waals surface area contributed by atoms with Gasteiger partial charge in [-0.1, -0.05) is 20.3 Å². The van der Waals surface area contributed by atoms with Crippen LogP contribution in [-0.4, -0.2) is 37.0 Å². The van der Waals surface area contributed by atoms with E-state index in [4.69, 9.17) is 0 Å². The van der Waals surface area contributed by atoms with E-state index in [1.807, 2.05) is 0 Å². The lowest BCUT2D eigenvalue weighted by molar-refractivity contribution is 0.362. The maximum Gasteiger partial charge on any atom is 0.242 e. The predicted molar refractivity (Wildman–Crippen MR) is 88.1 cm³/mol. The van der Waals surface area contributed by atoms with Crippen molar-refractivity contribution in [1.29, 1.82) is 0 Å². The van der Waals surface area contributed by atoms with Gasteiger partial charge in [0.15, 0.2) is 0 Å². The first-order valence-corrected chi connectivity index (χ1v) is 10.0. The van der Waals surface area contributed by atoms with Gasteiger partial charge in [-0.25, -0.2) is 13.1 Å². The van der Waals surface area contributed by atoms with Gasteiger partial charge in [-0.15, -0.1) is 0 Å². The molecule has 1 aromatic heterocycles. The Kier molecular flexibility index (Phi) is 5.40. The quantitative estimate of drug-likeness (QED) is 0.682. The van der Waals surface area contributed by atoms with Gasteiger partial charge in [0, 0.05) is 35.8 Å². The van der Waals surface area contributed by atoms with Gasteiger partial charge in [0.1, 0.15) is 0 Å². The van der Waals surface area contributed by atoms with E-state index < -0.39 is 10.0 Å². The van der Waals surface area contributed by atoms with Gasteiger partial charge >= 0.3 is 0 Å². The first-order chi connectivity index (χ1) is 9.87. The number of thioether (sulfide) groups is 1. The van der Waals surface area contributed by atoms with Crippen LogP contribution in [0.1, 0.15) is 38.8 Å². The van der Waals surface area contributed by atoms with E-state index >= 15 is 0 Å². The lowest BCUT2D eigenvalue weighted by Crippen LogP contribution is -2.45. The topological polar surface area (TPSA) is 74.0 Å². The Balaban J connectivity index is 1.96. The molecule has 1 saturated carbocycles. The second kappa shape index (κ2) is 6.73. The molecule has 0 amide bonds. The molecule has 5 nitrogen and oxygen atoms in total. The Morgan fingerprint density at radius 2 is 2.14 bits per heavy atom. The highest BCUT2D eigenvalue weighted by Gasteiger charge is 2.37. The predicted octanol–water partition coefficient (Wildman–Crippen LogP) is 2.08. The van der Waals surface area contributed by atoms with Crippen LogP contribution in [0.3, 0.4) is 0 Å². The van der Waals surface area contributed by atoms with Crippen molar-refractivity contribution in [2.75, 3.05) is 12.8 Å². The highest BCUT2D eigenvalue weighted by Crippen LogP contribution is 2.42. The van der Waals surface area contributed by atoms with Crippen molar-refractivity contribution in [3.63, 3.8) is 0 Å². The number of aromatic amines is 1. The number of nitrogens with one attached hydrogen (secondary N) is 3. The zero-order valence-corrected chi connectivity index (χ0v) is 14.5. The van der Waals surface area contributed by atoms with Crippen LogP contribution in [0.25, 0.3) is 0 Å². The van der Waals surface area contributed by atoms with Crippen LogP contribution >= 0.6 is 11.8 Å². The fourth-order valence-corrected chi connectivity index (χ4v) is 4.47. The largest absolute Gasteiger partial charge is 0.363 e. The average Bonchev–Trinajstić information content (AvgIpc) is 2.85. The van der Waals surface area contributed by atoms with E-state index in [9.17, 15) is 8.42 Å². The molecule has 0 aromatic carbocycles. The molecule has 0 saturated heterocycles. The summed E-state index contributed by atoms with van der Waals surface area (Å²) in [6.07, 6.45) is 6.99. The van der Waals surface area contributed by atoms with Crippen molar-refractivity contribution in [1.82, 2.24) is 15.0 Å². The Bertz CT molecular complexity index is 557. The molecule has 3 N–H and O–H groups in total. The summed E-state index contributed by atoms with van der Waals surface area (Å²) >= 11 is 1.77. The molecule has 1 fully saturated rings. The van der Waals surface area contributed by atoms with E-state index in [1.165, 1.54) is 6.42 Å². The van der Waals surface area contributed by atoms with Crippen molar-refractivity contribution in [2.24, 2.45) is 0 Å². The molecule has 21 heavy (non-hydrogen) atoms. The molecule has 2 rings (SSSR count). The summed E-state index contributed by atoms with van der Waals surface area (Å²) in [5.41, 5.74) is 0.882. The third-order valence-corrected chi connectivity index (χ3v) is 6.81. The van der Waals surface area contributed by atoms with Gasteiger partial charge in [0.25, 0.3) is 0 Å². The highest BCUT2D eigenvalue weighted by molar-refractivity contribution is 8.00. The Labute approximate surface area is 131 Å². The summed E-state index contributed by atoms with van der Waals surface area (Å²) in [5.74, 6) is 0. The van der Waals surface area contributed by atoms with E-state index in [1.54, 1.807) is 24.0 Å². The summed E-state index contributed by atoms with van der Waals surface area (Å²) in [5, 5.41) is 3.26. The van der Waals surface area contributed by atoms with Gasteiger partial charge in [0.05, 0.1) is 4.90 Å². The molecule has 1 aliphatic rings. The minimum absolute atomic E-state index is 0.103. The van der Waals surface area contributed by atoms with Crippen molar-refractivity contribution < 1.29 is 8.42 Å². The minimum atomic E-state index is -3.42. The van der Waals surface area contributed by atoms with Gasteiger partial charge in [-0.2, -0.15) is 11.8 Å². The van der Waals surface area contributed by atoms with E-state index in [0.717, 1.165) is 18.5 Å². The lowest BCUT2D eigenvalue weighted by Gasteiger charge is -2.40. The number of hydrogen-bond acceptors (Lipinski definition) is 4. The second-order valence-corrected chi connectivity index (χ2v) is 9.00.